The van der Waals surface area contributed by atoms with Crippen molar-refractivity contribution in [1.29, 1.82) is 0 Å². The van der Waals surface area contributed by atoms with Crippen LogP contribution in [-0.2, 0) is 6.54 Å². The van der Waals surface area contributed by atoms with Gasteiger partial charge in [-0.05, 0) is 24.1 Å². The van der Waals surface area contributed by atoms with E-state index in [1.54, 1.807) is 23.0 Å². The van der Waals surface area contributed by atoms with Crippen molar-refractivity contribution in [2.45, 2.75) is 26.4 Å². The zero-order chi connectivity index (χ0) is 18.6. The Labute approximate surface area is 153 Å². The smallest absolute Gasteiger partial charge is 0.319 e. The number of rotatable bonds is 6. The van der Waals surface area contributed by atoms with Gasteiger partial charge in [0.15, 0.2) is 0 Å². The van der Waals surface area contributed by atoms with E-state index in [4.69, 9.17) is 0 Å². The zero-order valence-electron chi connectivity index (χ0n) is 14.0. The number of nitrogens with one attached hydrogen (secondary N) is 2. The second kappa shape index (κ2) is 8.15. The molecule has 1 heterocycles. The summed E-state index contributed by atoms with van der Waals surface area (Å²) in [5, 5.41) is 14.7. The lowest BCUT2D eigenvalue weighted by molar-refractivity contribution is 0.243. The monoisotopic (exact) mass is 410 g/mol. The quantitative estimate of drug-likeness (QED) is 0.618. The molecule has 2 amide bonds. The minimum absolute atomic E-state index is 0.0110. The Morgan fingerprint density at radius 1 is 1.48 bits per heavy atom. The highest BCUT2D eigenvalue weighted by Crippen LogP contribution is 2.22. The van der Waals surface area contributed by atoms with E-state index in [0.29, 0.717) is 10.3 Å². The van der Waals surface area contributed by atoms with Crippen LogP contribution in [0.2, 0.25) is 0 Å². The molecule has 2 rings (SSSR count). The molecule has 0 bridgehead atoms. The predicted octanol–water partition coefficient (Wildman–Crippen LogP) is 4.38. The summed E-state index contributed by atoms with van der Waals surface area (Å²) in [6.07, 6.45) is 3.28. The van der Waals surface area contributed by atoms with Gasteiger partial charge < -0.3 is 20.3 Å². The summed E-state index contributed by atoms with van der Waals surface area (Å²) < 4.78 is 16.1. The summed E-state index contributed by atoms with van der Waals surface area (Å²) in [5.41, 5.74) is 0.0790. The Morgan fingerprint density at radius 2 is 2.20 bits per heavy atom. The number of allylic oxidation sites excluding steroid dienone is 1. The minimum atomic E-state index is -0.544. The number of aliphatic hydroxyl groups is 1. The second-order valence-corrected chi connectivity index (χ2v) is 6.84. The molecule has 1 atom stereocenters. The van der Waals surface area contributed by atoms with Gasteiger partial charge in [-0.1, -0.05) is 36.4 Å². The Hall–Kier alpha value is -2.35. The van der Waals surface area contributed by atoms with Crippen LogP contribution in [0, 0.1) is 11.7 Å². The van der Waals surface area contributed by atoms with Gasteiger partial charge in [0.2, 0.25) is 0 Å². The Morgan fingerprint density at radius 3 is 2.80 bits per heavy atom. The van der Waals surface area contributed by atoms with Gasteiger partial charge in [0.05, 0.1) is 18.3 Å². The van der Waals surface area contributed by atoms with Crippen LogP contribution < -0.4 is 10.6 Å². The predicted molar refractivity (Wildman–Crippen MR) is 97.8 cm³/mol. The lowest BCUT2D eigenvalue weighted by atomic mass is 10.0. The Kier molecular flexibility index (Phi) is 6.19. The number of imidazole rings is 1. The van der Waals surface area contributed by atoms with Crippen LogP contribution in [0.3, 0.4) is 0 Å². The minimum Gasteiger partial charge on any atom is -0.511 e. The number of halogens is 2. The third-order valence-corrected chi connectivity index (χ3v) is 4.00. The van der Waals surface area contributed by atoms with Crippen molar-refractivity contribution in [3.8, 4) is 0 Å². The van der Waals surface area contributed by atoms with E-state index >= 15 is 0 Å². The average molecular weight is 411 g/mol. The third-order valence-electron chi connectivity index (χ3n) is 3.51. The number of aromatic nitrogens is 2. The maximum absolute atomic E-state index is 13.9. The second-order valence-electron chi connectivity index (χ2n) is 5.92. The van der Waals surface area contributed by atoms with E-state index < -0.39 is 17.9 Å². The third kappa shape index (κ3) is 5.06. The highest BCUT2D eigenvalue weighted by atomic mass is 79.9. The maximum Gasteiger partial charge on any atom is 0.319 e. The molecule has 0 spiro atoms. The summed E-state index contributed by atoms with van der Waals surface area (Å²) in [4.78, 5) is 16.6. The van der Waals surface area contributed by atoms with Gasteiger partial charge in [-0.15, -0.1) is 0 Å². The SMILES string of the molecule is C=C(O)Cn1ccnc1[C@@H](NC(=O)Nc1ccc(Br)cc1F)C(C)C. The lowest BCUT2D eigenvalue weighted by Gasteiger charge is -2.23. The molecule has 134 valence electrons. The molecule has 2 aromatic rings. The van der Waals surface area contributed by atoms with E-state index in [0.717, 1.165) is 0 Å². The van der Waals surface area contributed by atoms with Crippen molar-refractivity contribution < 1.29 is 14.3 Å². The number of anilines is 1. The highest BCUT2D eigenvalue weighted by Gasteiger charge is 2.23. The Bertz CT molecular complexity index is 776. The van der Waals surface area contributed by atoms with Crippen molar-refractivity contribution in [3.63, 3.8) is 0 Å². The number of urea groups is 1. The molecule has 0 unspecified atom stereocenters. The highest BCUT2D eigenvalue weighted by molar-refractivity contribution is 9.10. The first-order valence-electron chi connectivity index (χ1n) is 7.68. The van der Waals surface area contributed by atoms with Crippen LogP contribution in [0.25, 0.3) is 0 Å². The number of nitrogens with zero attached hydrogens (tertiary/aromatic N) is 2. The molecular formula is C17H20BrFN4O2. The summed E-state index contributed by atoms with van der Waals surface area (Å²) >= 11 is 3.17. The normalized spacial score (nSPS) is 12.0. The van der Waals surface area contributed by atoms with Crippen LogP contribution in [0.15, 0.2) is 47.4 Å². The first-order valence-corrected chi connectivity index (χ1v) is 8.47. The summed E-state index contributed by atoms with van der Waals surface area (Å²) in [5.74, 6) is 0.0529. The fraction of sp³-hybridized carbons (Fsp3) is 0.294. The molecule has 0 saturated carbocycles. The van der Waals surface area contributed by atoms with Gasteiger partial charge >= 0.3 is 6.03 Å². The first kappa shape index (κ1) is 19.0. The van der Waals surface area contributed by atoms with E-state index in [9.17, 15) is 14.3 Å². The van der Waals surface area contributed by atoms with Crippen LogP contribution in [0.5, 0.6) is 0 Å². The summed E-state index contributed by atoms with van der Waals surface area (Å²) in [6, 6.07) is 3.41. The zero-order valence-corrected chi connectivity index (χ0v) is 15.5. The van der Waals surface area contributed by atoms with Crippen molar-refractivity contribution in [3.05, 3.63) is 59.0 Å². The largest absolute Gasteiger partial charge is 0.511 e. The molecule has 0 aliphatic heterocycles. The van der Waals surface area contributed by atoms with E-state index in [1.807, 2.05) is 13.8 Å². The molecule has 0 saturated heterocycles. The topological polar surface area (TPSA) is 79.2 Å². The molecule has 1 aromatic heterocycles. The van der Waals surface area contributed by atoms with E-state index in [-0.39, 0.29) is 23.9 Å². The van der Waals surface area contributed by atoms with Gasteiger partial charge in [0, 0.05) is 16.9 Å². The van der Waals surface area contributed by atoms with Crippen molar-refractivity contribution in [1.82, 2.24) is 14.9 Å². The summed E-state index contributed by atoms with van der Waals surface area (Å²) in [6.45, 7) is 7.51. The molecule has 25 heavy (non-hydrogen) atoms. The van der Waals surface area contributed by atoms with Gasteiger partial charge in [-0.2, -0.15) is 0 Å². The van der Waals surface area contributed by atoms with Crippen LogP contribution in [0.4, 0.5) is 14.9 Å². The molecule has 6 nitrogen and oxygen atoms in total. The fourth-order valence-corrected chi connectivity index (χ4v) is 2.68. The Balaban J connectivity index is 2.15. The lowest BCUT2D eigenvalue weighted by Crippen LogP contribution is -2.37. The van der Waals surface area contributed by atoms with Crippen molar-refractivity contribution >= 4 is 27.6 Å². The molecule has 3 N–H and O–H groups in total. The van der Waals surface area contributed by atoms with Crippen molar-refractivity contribution in [2.75, 3.05) is 5.32 Å². The molecule has 0 aliphatic carbocycles. The van der Waals surface area contributed by atoms with E-state index in [1.165, 1.54) is 12.1 Å². The number of aliphatic hydroxyl groups excluding tert-OH is 1. The van der Waals surface area contributed by atoms with Gasteiger partial charge in [-0.3, -0.25) is 0 Å². The van der Waals surface area contributed by atoms with Crippen LogP contribution in [-0.4, -0.2) is 20.7 Å². The molecule has 1 aromatic carbocycles. The van der Waals surface area contributed by atoms with E-state index in [2.05, 4.69) is 38.1 Å². The number of carbonyl (C=O) groups is 1. The standard InChI is InChI=1S/C17H20BrFN4O2/c1-10(2)15(16-20-6-7-23(16)9-11(3)24)22-17(25)21-14-5-4-12(18)8-13(14)19/h4-8,10,15,24H,3,9H2,1-2H3,(H2,21,22,25)/t15-/m0/s1. The molecule has 0 fully saturated rings. The van der Waals surface area contributed by atoms with Crippen molar-refractivity contribution in [2.24, 2.45) is 5.92 Å². The first-order chi connectivity index (χ1) is 11.8. The van der Waals surface area contributed by atoms with Crippen LogP contribution >= 0.6 is 15.9 Å². The molecular weight excluding hydrogens is 391 g/mol. The van der Waals surface area contributed by atoms with Gasteiger partial charge in [-0.25, -0.2) is 14.2 Å². The molecule has 8 heteroatoms. The number of hydrogen-bond acceptors (Lipinski definition) is 3. The number of hydrogen-bond donors (Lipinski definition) is 3. The molecule has 0 radical (unpaired) electrons. The molecule has 0 aliphatic rings. The average Bonchev–Trinajstić information content (AvgIpc) is 2.94. The number of benzene rings is 1. The van der Waals surface area contributed by atoms with Crippen LogP contribution in [0.1, 0.15) is 25.7 Å². The van der Waals surface area contributed by atoms with Gasteiger partial charge in [0.25, 0.3) is 0 Å². The number of carbonyl (C=O) groups excluding carboxylic acids is 1. The maximum atomic E-state index is 13.9. The van der Waals surface area contributed by atoms with Gasteiger partial charge in [0.1, 0.15) is 17.4 Å². The number of amides is 2. The summed E-state index contributed by atoms with van der Waals surface area (Å²) in [7, 11) is 0. The fourth-order valence-electron chi connectivity index (χ4n) is 2.35.